The molecule has 2 aromatic rings. The molecule has 0 amide bonds. The minimum atomic E-state index is 0.565. The summed E-state index contributed by atoms with van der Waals surface area (Å²) in [6.45, 7) is 4.80. The zero-order chi connectivity index (χ0) is 15.1. The van der Waals surface area contributed by atoms with Crippen molar-refractivity contribution in [2.24, 2.45) is 0 Å². The Balaban J connectivity index is 2.01. The standard InChI is InChI=1S/C19H19ClO/c1-15-9-10-18(12-16(15)2)14-21-19-8-5-7-17(13-19)6-3-4-11-20/h5,7-10,12-13H,4,11,14H2,1-2H3. The molecule has 0 fully saturated rings. The van der Waals surface area contributed by atoms with Gasteiger partial charge in [-0.3, -0.25) is 0 Å². The number of halogens is 1. The Kier molecular flexibility index (Phi) is 5.72. The van der Waals surface area contributed by atoms with Crippen LogP contribution in [0.2, 0.25) is 0 Å². The maximum atomic E-state index is 5.84. The van der Waals surface area contributed by atoms with Crippen molar-refractivity contribution in [3.63, 3.8) is 0 Å². The first-order chi connectivity index (χ1) is 10.2. The van der Waals surface area contributed by atoms with Gasteiger partial charge in [-0.2, -0.15) is 0 Å². The van der Waals surface area contributed by atoms with Crippen LogP contribution in [-0.2, 0) is 6.61 Å². The lowest BCUT2D eigenvalue weighted by atomic mass is 10.1. The number of hydrogen-bond donors (Lipinski definition) is 0. The molecule has 0 aliphatic carbocycles. The average molecular weight is 299 g/mol. The Labute approximate surface area is 131 Å². The van der Waals surface area contributed by atoms with E-state index in [4.69, 9.17) is 16.3 Å². The second kappa shape index (κ2) is 7.76. The molecule has 0 radical (unpaired) electrons. The summed E-state index contributed by atoms with van der Waals surface area (Å²) in [6.07, 6.45) is 0.704. The fraction of sp³-hybridized carbons (Fsp3) is 0.263. The Bertz CT molecular complexity index is 665. The van der Waals surface area contributed by atoms with Gasteiger partial charge in [-0.25, -0.2) is 0 Å². The first kappa shape index (κ1) is 15.5. The molecule has 0 aromatic heterocycles. The minimum absolute atomic E-state index is 0.565. The molecule has 0 bridgehead atoms. The third-order valence-corrected chi connectivity index (χ3v) is 3.45. The summed E-state index contributed by atoms with van der Waals surface area (Å²) < 4.78 is 5.84. The van der Waals surface area contributed by atoms with Crippen LogP contribution in [0.15, 0.2) is 42.5 Å². The predicted octanol–water partition coefficient (Wildman–Crippen LogP) is 4.86. The molecule has 108 valence electrons. The smallest absolute Gasteiger partial charge is 0.121 e. The van der Waals surface area contributed by atoms with Gasteiger partial charge in [-0.1, -0.05) is 36.1 Å². The van der Waals surface area contributed by atoms with E-state index >= 15 is 0 Å². The maximum absolute atomic E-state index is 5.84. The molecule has 0 saturated carbocycles. The van der Waals surface area contributed by atoms with Crippen molar-refractivity contribution >= 4 is 11.6 Å². The van der Waals surface area contributed by atoms with E-state index < -0.39 is 0 Å². The van der Waals surface area contributed by atoms with E-state index in [1.165, 1.54) is 16.7 Å². The van der Waals surface area contributed by atoms with E-state index in [2.05, 4.69) is 43.9 Å². The van der Waals surface area contributed by atoms with Crippen molar-refractivity contribution in [3.05, 3.63) is 64.7 Å². The molecule has 21 heavy (non-hydrogen) atoms. The number of benzene rings is 2. The molecule has 2 heteroatoms. The second-order valence-electron chi connectivity index (χ2n) is 4.98. The number of rotatable bonds is 4. The van der Waals surface area contributed by atoms with E-state index in [1.54, 1.807) is 0 Å². The van der Waals surface area contributed by atoms with Gasteiger partial charge in [0.1, 0.15) is 12.4 Å². The lowest BCUT2D eigenvalue weighted by Gasteiger charge is -2.08. The topological polar surface area (TPSA) is 9.23 Å². The molecule has 0 atom stereocenters. The molecule has 0 N–H and O–H groups in total. The Morgan fingerprint density at radius 3 is 2.67 bits per heavy atom. The summed E-state index contributed by atoms with van der Waals surface area (Å²) >= 11 is 5.61. The van der Waals surface area contributed by atoms with E-state index in [9.17, 15) is 0 Å². The fourth-order valence-corrected chi connectivity index (χ4v) is 2.03. The highest BCUT2D eigenvalue weighted by Crippen LogP contribution is 2.16. The van der Waals surface area contributed by atoms with Crippen LogP contribution in [0.25, 0.3) is 0 Å². The zero-order valence-electron chi connectivity index (χ0n) is 12.4. The summed E-state index contributed by atoms with van der Waals surface area (Å²) in [5.41, 5.74) is 4.72. The molecule has 2 rings (SSSR count). The average Bonchev–Trinajstić information content (AvgIpc) is 2.49. The molecule has 0 unspecified atom stereocenters. The van der Waals surface area contributed by atoms with E-state index in [1.807, 2.05) is 24.3 Å². The van der Waals surface area contributed by atoms with Gasteiger partial charge in [0.25, 0.3) is 0 Å². The molecular weight excluding hydrogens is 280 g/mol. The number of alkyl halides is 1. The van der Waals surface area contributed by atoms with Crippen molar-refractivity contribution in [1.82, 2.24) is 0 Å². The maximum Gasteiger partial charge on any atom is 0.121 e. The molecular formula is C19H19ClO. The summed E-state index contributed by atoms with van der Waals surface area (Å²) in [5, 5.41) is 0. The number of hydrogen-bond acceptors (Lipinski definition) is 1. The molecule has 1 nitrogen and oxygen atoms in total. The van der Waals surface area contributed by atoms with E-state index in [-0.39, 0.29) is 0 Å². The molecule has 0 heterocycles. The van der Waals surface area contributed by atoms with Crippen LogP contribution in [0.3, 0.4) is 0 Å². The van der Waals surface area contributed by atoms with Gasteiger partial charge in [0, 0.05) is 17.9 Å². The van der Waals surface area contributed by atoms with Gasteiger partial charge in [0.15, 0.2) is 0 Å². The Hall–Kier alpha value is -1.91. The first-order valence-corrected chi connectivity index (χ1v) is 7.56. The highest BCUT2D eigenvalue weighted by Gasteiger charge is 1.99. The summed E-state index contributed by atoms with van der Waals surface area (Å²) in [5.74, 6) is 7.52. The summed E-state index contributed by atoms with van der Waals surface area (Å²) in [4.78, 5) is 0. The van der Waals surface area contributed by atoms with E-state index in [0.29, 0.717) is 18.9 Å². The highest BCUT2D eigenvalue weighted by atomic mass is 35.5. The Morgan fingerprint density at radius 2 is 1.90 bits per heavy atom. The monoisotopic (exact) mass is 298 g/mol. The van der Waals surface area contributed by atoms with Crippen LogP contribution in [0.4, 0.5) is 0 Å². The normalized spacial score (nSPS) is 9.86. The Morgan fingerprint density at radius 1 is 1.05 bits per heavy atom. The molecule has 0 aliphatic rings. The lowest BCUT2D eigenvalue weighted by molar-refractivity contribution is 0.306. The largest absolute Gasteiger partial charge is 0.489 e. The summed E-state index contributed by atoms with van der Waals surface area (Å²) in [7, 11) is 0. The van der Waals surface area contributed by atoms with Crippen LogP contribution < -0.4 is 4.74 Å². The quantitative estimate of drug-likeness (QED) is 0.578. The van der Waals surface area contributed by atoms with Gasteiger partial charge in [0.2, 0.25) is 0 Å². The number of ether oxygens (including phenoxy) is 1. The van der Waals surface area contributed by atoms with Gasteiger partial charge >= 0.3 is 0 Å². The van der Waals surface area contributed by atoms with Crippen molar-refractivity contribution in [2.45, 2.75) is 26.9 Å². The van der Waals surface area contributed by atoms with Gasteiger partial charge in [0.05, 0.1) is 0 Å². The minimum Gasteiger partial charge on any atom is -0.489 e. The third kappa shape index (κ3) is 4.85. The zero-order valence-corrected chi connectivity index (χ0v) is 13.2. The van der Waals surface area contributed by atoms with E-state index in [0.717, 1.165) is 11.3 Å². The van der Waals surface area contributed by atoms with Crippen LogP contribution in [0, 0.1) is 25.7 Å². The van der Waals surface area contributed by atoms with Crippen molar-refractivity contribution in [3.8, 4) is 17.6 Å². The SMILES string of the molecule is Cc1ccc(COc2cccc(C#CCCCl)c2)cc1C. The van der Waals surface area contributed by atoms with Crippen LogP contribution >= 0.6 is 11.6 Å². The third-order valence-electron chi connectivity index (χ3n) is 3.26. The molecule has 2 aromatic carbocycles. The molecule has 0 aliphatic heterocycles. The van der Waals surface area contributed by atoms with Crippen LogP contribution in [0.1, 0.15) is 28.7 Å². The summed E-state index contributed by atoms with van der Waals surface area (Å²) in [6, 6.07) is 14.2. The lowest BCUT2D eigenvalue weighted by Crippen LogP contribution is -1.96. The number of aryl methyl sites for hydroxylation is 2. The van der Waals surface area contributed by atoms with Crippen molar-refractivity contribution in [2.75, 3.05) is 5.88 Å². The van der Waals surface area contributed by atoms with Crippen LogP contribution in [0.5, 0.6) is 5.75 Å². The van der Waals surface area contributed by atoms with Gasteiger partial charge in [-0.15, -0.1) is 11.6 Å². The molecule has 0 saturated heterocycles. The van der Waals surface area contributed by atoms with Gasteiger partial charge < -0.3 is 4.74 Å². The van der Waals surface area contributed by atoms with Gasteiger partial charge in [-0.05, 0) is 48.7 Å². The highest BCUT2D eigenvalue weighted by molar-refractivity contribution is 6.18. The first-order valence-electron chi connectivity index (χ1n) is 7.03. The van der Waals surface area contributed by atoms with Crippen molar-refractivity contribution < 1.29 is 4.74 Å². The van der Waals surface area contributed by atoms with Crippen LogP contribution in [-0.4, -0.2) is 5.88 Å². The predicted molar refractivity (Wildman–Crippen MR) is 88.9 cm³/mol. The second-order valence-corrected chi connectivity index (χ2v) is 5.35. The fourth-order valence-electron chi connectivity index (χ4n) is 1.94. The van der Waals surface area contributed by atoms with Crippen molar-refractivity contribution in [1.29, 1.82) is 0 Å². The molecule has 0 spiro atoms.